The molecule has 0 saturated heterocycles. The third-order valence-electron chi connectivity index (χ3n) is 3.80. The minimum atomic E-state index is -0.0593. The summed E-state index contributed by atoms with van der Waals surface area (Å²) >= 11 is 6.30. The van der Waals surface area contributed by atoms with Gasteiger partial charge < -0.3 is 5.73 Å². The Labute approximate surface area is 125 Å². The van der Waals surface area contributed by atoms with E-state index in [2.05, 4.69) is 38.0 Å². The van der Waals surface area contributed by atoms with Crippen LogP contribution in [-0.4, -0.2) is 9.78 Å². The van der Waals surface area contributed by atoms with Crippen LogP contribution in [0.1, 0.15) is 39.6 Å². The molecule has 3 nitrogen and oxygen atoms in total. The van der Waals surface area contributed by atoms with Crippen LogP contribution in [0.4, 0.5) is 0 Å². The molecule has 0 aliphatic carbocycles. The van der Waals surface area contributed by atoms with E-state index in [-0.39, 0.29) is 6.04 Å². The Bertz CT molecular complexity index is 620. The molecule has 0 amide bonds. The van der Waals surface area contributed by atoms with E-state index in [4.69, 9.17) is 17.3 Å². The summed E-state index contributed by atoms with van der Waals surface area (Å²) in [6.07, 6.45) is 0.712. The predicted octanol–water partition coefficient (Wildman–Crippen LogP) is 3.55. The molecular weight excluding hydrogens is 270 g/mol. The maximum absolute atomic E-state index is 6.43. The van der Waals surface area contributed by atoms with Crippen molar-refractivity contribution < 1.29 is 0 Å². The first kappa shape index (κ1) is 15.1. The molecule has 0 aliphatic rings. The van der Waals surface area contributed by atoms with Crippen LogP contribution in [0, 0.1) is 27.7 Å². The Kier molecular flexibility index (Phi) is 4.21. The van der Waals surface area contributed by atoms with Gasteiger partial charge in [-0.1, -0.05) is 29.3 Å². The van der Waals surface area contributed by atoms with Crippen molar-refractivity contribution in [3.63, 3.8) is 0 Å². The number of aromatic nitrogens is 2. The molecule has 1 aromatic heterocycles. The molecule has 2 rings (SSSR count). The number of rotatable bonds is 3. The second-order valence-corrected chi connectivity index (χ2v) is 5.96. The standard InChI is InChI=1S/C16H22ClN3/c1-9-6-10(2)15(11(3)7-9)14(18)8-13-12(4)19-20(5)16(13)17/h6-7,14H,8,18H2,1-5H3. The third kappa shape index (κ3) is 2.74. The fourth-order valence-electron chi connectivity index (χ4n) is 3.00. The summed E-state index contributed by atoms with van der Waals surface area (Å²) in [5, 5.41) is 5.03. The van der Waals surface area contributed by atoms with E-state index >= 15 is 0 Å². The molecule has 2 N–H and O–H groups in total. The van der Waals surface area contributed by atoms with Crippen LogP contribution in [0.5, 0.6) is 0 Å². The number of halogens is 1. The van der Waals surface area contributed by atoms with Crippen LogP contribution in [0.25, 0.3) is 0 Å². The lowest BCUT2D eigenvalue weighted by molar-refractivity contribution is 0.707. The van der Waals surface area contributed by atoms with Crippen molar-refractivity contribution in [1.82, 2.24) is 9.78 Å². The van der Waals surface area contributed by atoms with Gasteiger partial charge in [-0.05, 0) is 50.8 Å². The SMILES string of the molecule is Cc1cc(C)c(C(N)Cc2c(C)nn(C)c2Cl)c(C)c1. The highest BCUT2D eigenvalue weighted by Crippen LogP contribution is 2.28. The summed E-state index contributed by atoms with van der Waals surface area (Å²) in [4.78, 5) is 0. The molecule has 0 bridgehead atoms. The second kappa shape index (κ2) is 5.58. The Morgan fingerprint density at radius 1 is 1.20 bits per heavy atom. The molecule has 4 heteroatoms. The second-order valence-electron chi connectivity index (χ2n) is 5.60. The predicted molar refractivity (Wildman–Crippen MR) is 84.2 cm³/mol. The normalized spacial score (nSPS) is 12.8. The minimum absolute atomic E-state index is 0.0593. The summed E-state index contributed by atoms with van der Waals surface area (Å²) in [5.74, 6) is 0. The van der Waals surface area contributed by atoms with E-state index < -0.39 is 0 Å². The quantitative estimate of drug-likeness (QED) is 0.940. The third-order valence-corrected chi connectivity index (χ3v) is 4.28. The highest BCUT2D eigenvalue weighted by atomic mass is 35.5. The van der Waals surface area contributed by atoms with E-state index in [0.717, 1.165) is 11.3 Å². The molecule has 20 heavy (non-hydrogen) atoms. The molecule has 1 atom stereocenters. The summed E-state index contributed by atoms with van der Waals surface area (Å²) in [6, 6.07) is 4.30. The van der Waals surface area contributed by atoms with Crippen LogP contribution in [-0.2, 0) is 13.5 Å². The fraction of sp³-hybridized carbons (Fsp3) is 0.438. The summed E-state index contributed by atoms with van der Waals surface area (Å²) in [7, 11) is 1.85. The molecule has 108 valence electrons. The van der Waals surface area contributed by atoms with Crippen LogP contribution in [0.3, 0.4) is 0 Å². The van der Waals surface area contributed by atoms with Crippen LogP contribution in [0.15, 0.2) is 12.1 Å². The van der Waals surface area contributed by atoms with Crippen molar-refractivity contribution in [1.29, 1.82) is 0 Å². The van der Waals surface area contributed by atoms with E-state index in [0.29, 0.717) is 11.6 Å². The van der Waals surface area contributed by atoms with Crippen molar-refractivity contribution in [2.45, 2.75) is 40.2 Å². The molecule has 1 heterocycles. The Morgan fingerprint density at radius 2 is 1.75 bits per heavy atom. The van der Waals surface area contributed by atoms with Gasteiger partial charge in [0.2, 0.25) is 0 Å². The largest absolute Gasteiger partial charge is 0.324 e. The van der Waals surface area contributed by atoms with Gasteiger partial charge in [-0.25, -0.2) is 0 Å². The Hall–Kier alpha value is -1.32. The summed E-state index contributed by atoms with van der Waals surface area (Å²) in [6.45, 7) is 8.32. The maximum atomic E-state index is 6.43. The van der Waals surface area contributed by atoms with Crippen LogP contribution in [0.2, 0.25) is 5.15 Å². The van der Waals surface area contributed by atoms with Crippen molar-refractivity contribution in [3.8, 4) is 0 Å². The van der Waals surface area contributed by atoms with E-state index in [9.17, 15) is 0 Å². The number of aryl methyl sites for hydroxylation is 5. The summed E-state index contributed by atoms with van der Waals surface area (Å²) < 4.78 is 1.70. The molecular formula is C16H22ClN3. The van der Waals surface area contributed by atoms with Crippen LogP contribution < -0.4 is 5.73 Å². The first-order chi connectivity index (χ1) is 9.31. The fourth-order valence-corrected chi connectivity index (χ4v) is 3.26. The smallest absolute Gasteiger partial charge is 0.130 e. The molecule has 0 saturated carbocycles. The molecule has 1 unspecified atom stereocenters. The number of nitrogens with zero attached hydrogens (tertiary/aromatic N) is 2. The van der Waals surface area contributed by atoms with Gasteiger partial charge in [-0.15, -0.1) is 0 Å². The van der Waals surface area contributed by atoms with Gasteiger partial charge in [-0.3, -0.25) is 4.68 Å². The molecule has 1 aromatic carbocycles. The molecule has 0 aliphatic heterocycles. The van der Waals surface area contributed by atoms with E-state index in [1.165, 1.54) is 22.3 Å². The number of hydrogen-bond donors (Lipinski definition) is 1. The van der Waals surface area contributed by atoms with Crippen LogP contribution >= 0.6 is 11.6 Å². The highest BCUT2D eigenvalue weighted by molar-refractivity contribution is 6.30. The molecule has 0 spiro atoms. The minimum Gasteiger partial charge on any atom is -0.324 e. The number of nitrogens with two attached hydrogens (primary N) is 1. The lowest BCUT2D eigenvalue weighted by Gasteiger charge is -2.18. The zero-order chi connectivity index (χ0) is 15.0. The first-order valence-electron chi connectivity index (χ1n) is 6.82. The van der Waals surface area contributed by atoms with Gasteiger partial charge in [0, 0.05) is 18.7 Å². The average Bonchev–Trinajstić information content (AvgIpc) is 2.54. The molecule has 2 aromatic rings. The first-order valence-corrected chi connectivity index (χ1v) is 7.20. The maximum Gasteiger partial charge on any atom is 0.130 e. The zero-order valence-electron chi connectivity index (χ0n) is 12.8. The van der Waals surface area contributed by atoms with Gasteiger partial charge in [0.15, 0.2) is 0 Å². The Morgan fingerprint density at radius 3 is 2.20 bits per heavy atom. The van der Waals surface area contributed by atoms with Gasteiger partial charge in [0.25, 0.3) is 0 Å². The van der Waals surface area contributed by atoms with Crippen molar-refractivity contribution in [2.24, 2.45) is 12.8 Å². The average molecular weight is 292 g/mol. The van der Waals surface area contributed by atoms with Gasteiger partial charge in [-0.2, -0.15) is 5.10 Å². The van der Waals surface area contributed by atoms with Crippen molar-refractivity contribution >= 4 is 11.6 Å². The van der Waals surface area contributed by atoms with Gasteiger partial charge in [0.05, 0.1) is 5.69 Å². The lowest BCUT2D eigenvalue weighted by Crippen LogP contribution is -2.17. The highest BCUT2D eigenvalue weighted by Gasteiger charge is 2.18. The molecule has 0 fully saturated rings. The Balaban J connectivity index is 2.36. The number of benzene rings is 1. The van der Waals surface area contributed by atoms with Crippen molar-refractivity contribution in [3.05, 3.63) is 50.8 Å². The van der Waals surface area contributed by atoms with Crippen molar-refractivity contribution in [2.75, 3.05) is 0 Å². The van der Waals surface area contributed by atoms with E-state index in [1.54, 1.807) is 4.68 Å². The van der Waals surface area contributed by atoms with Gasteiger partial charge >= 0.3 is 0 Å². The topological polar surface area (TPSA) is 43.8 Å². The van der Waals surface area contributed by atoms with E-state index in [1.807, 2.05) is 14.0 Å². The number of hydrogen-bond acceptors (Lipinski definition) is 2. The lowest BCUT2D eigenvalue weighted by atomic mass is 9.91. The zero-order valence-corrected chi connectivity index (χ0v) is 13.5. The monoisotopic (exact) mass is 291 g/mol. The van der Waals surface area contributed by atoms with Gasteiger partial charge in [0.1, 0.15) is 5.15 Å². The summed E-state index contributed by atoms with van der Waals surface area (Å²) in [5.41, 5.74) is 13.4. The molecule has 0 radical (unpaired) electrons.